The molecule has 4 rings (SSSR count). The summed E-state index contributed by atoms with van der Waals surface area (Å²) in [5.74, 6) is 0.811. The van der Waals surface area contributed by atoms with Crippen molar-refractivity contribution in [2.24, 2.45) is 12.0 Å². The zero-order chi connectivity index (χ0) is 19.7. The number of nitrogens with one attached hydrogen (secondary N) is 2. The van der Waals surface area contributed by atoms with E-state index in [9.17, 15) is 5.26 Å². The lowest BCUT2D eigenvalue weighted by atomic mass is 10.2. The topological polar surface area (TPSA) is 81.8 Å². The van der Waals surface area contributed by atoms with Crippen LogP contribution in [0.25, 0.3) is 10.9 Å². The van der Waals surface area contributed by atoms with E-state index in [-0.39, 0.29) is 0 Å². The highest BCUT2D eigenvalue weighted by atomic mass is 35.5. The van der Waals surface area contributed by atoms with E-state index in [1.54, 1.807) is 6.21 Å². The number of nitriles is 1. The zero-order valence-electron chi connectivity index (χ0n) is 15.4. The van der Waals surface area contributed by atoms with Crippen molar-refractivity contribution < 1.29 is 0 Å². The molecule has 2 aromatic heterocycles. The Balaban J connectivity index is 1.69. The summed E-state index contributed by atoms with van der Waals surface area (Å²) in [5, 5.41) is 21.4. The highest BCUT2D eigenvalue weighted by molar-refractivity contribution is 6.34. The minimum Gasteiger partial charge on any atom is -0.339 e. The van der Waals surface area contributed by atoms with Crippen molar-refractivity contribution in [3.8, 4) is 6.07 Å². The van der Waals surface area contributed by atoms with Crippen LogP contribution in [0.3, 0.4) is 0 Å². The largest absolute Gasteiger partial charge is 0.339 e. The van der Waals surface area contributed by atoms with Crippen LogP contribution in [-0.4, -0.2) is 21.0 Å². The Kier molecular flexibility index (Phi) is 4.60. The maximum absolute atomic E-state index is 9.59. The SMILES string of the molecule is Cc1cccc(Nc2[nH]nc(N=Cc3c(Cl)n(C)c4ccccc34)c2C#N)c1. The van der Waals surface area contributed by atoms with Crippen molar-refractivity contribution in [2.45, 2.75) is 6.92 Å². The molecule has 0 bridgehead atoms. The third-order valence-electron chi connectivity index (χ3n) is 4.53. The number of aromatic amines is 1. The fourth-order valence-corrected chi connectivity index (χ4v) is 3.37. The molecule has 0 fully saturated rings. The van der Waals surface area contributed by atoms with Gasteiger partial charge in [-0.05, 0) is 30.7 Å². The summed E-state index contributed by atoms with van der Waals surface area (Å²) < 4.78 is 1.90. The number of nitrogens with zero attached hydrogens (tertiary/aromatic N) is 4. The molecule has 4 aromatic rings. The van der Waals surface area contributed by atoms with Crippen LogP contribution in [-0.2, 0) is 7.05 Å². The fraction of sp³-hybridized carbons (Fsp3) is 0.0952. The molecule has 0 aliphatic heterocycles. The molecule has 2 N–H and O–H groups in total. The predicted octanol–water partition coefficient (Wildman–Crippen LogP) is 5.23. The van der Waals surface area contributed by atoms with Crippen molar-refractivity contribution in [1.29, 1.82) is 5.26 Å². The third-order valence-corrected chi connectivity index (χ3v) is 4.99. The number of benzene rings is 2. The van der Waals surface area contributed by atoms with Crippen LogP contribution in [0.2, 0.25) is 5.15 Å². The van der Waals surface area contributed by atoms with Crippen LogP contribution < -0.4 is 5.32 Å². The molecule has 2 aromatic carbocycles. The number of aliphatic imine (C=N–C) groups is 1. The van der Waals surface area contributed by atoms with Gasteiger partial charge in [-0.1, -0.05) is 41.9 Å². The Bertz CT molecular complexity index is 1240. The standard InChI is InChI=1S/C21H17ClN6/c1-13-6-5-7-14(10-13)25-21-16(11-23)20(26-27-21)24-12-17-15-8-3-4-9-18(15)28(2)19(17)22/h3-10,12H,1-2H3,(H2,25,26,27). The van der Waals surface area contributed by atoms with Crippen LogP contribution >= 0.6 is 11.6 Å². The molecule has 0 saturated heterocycles. The predicted molar refractivity (Wildman–Crippen MR) is 113 cm³/mol. The first-order chi connectivity index (χ1) is 13.6. The summed E-state index contributed by atoms with van der Waals surface area (Å²) in [6, 6.07) is 17.9. The van der Waals surface area contributed by atoms with E-state index in [4.69, 9.17) is 11.6 Å². The summed E-state index contributed by atoms with van der Waals surface area (Å²) in [4.78, 5) is 4.42. The number of anilines is 2. The normalized spacial score (nSPS) is 11.2. The van der Waals surface area contributed by atoms with Gasteiger partial charge in [0.25, 0.3) is 0 Å². The number of halogens is 1. The van der Waals surface area contributed by atoms with Gasteiger partial charge in [0.2, 0.25) is 0 Å². The number of hydrogen-bond acceptors (Lipinski definition) is 4. The minimum absolute atomic E-state index is 0.307. The summed E-state index contributed by atoms with van der Waals surface area (Å²) >= 11 is 6.47. The van der Waals surface area contributed by atoms with Gasteiger partial charge in [0.1, 0.15) is 22.6 Å². The third kappa shape index (κ3) is 3.13. The van der Waals surface area contributed by atoms with Crippen molar-refractivity contribution in [3.63, 3.8) is 0 Å². The Morgan fingerprint density at radius 2 is 2.07 bits per heavy atom. The number of aryl methyl sites for hydroxylation is 2. The molecular weight excluding hydrogens is 372 g/mol. The first kappa shape index (κ1) is 17.8. The van der Waals surface area contributed by atoms with Gasteiger partial charge in [-0.25, -0.2) is 4.99 Å². The van der Waals surface area contributed by atoms with Gasteiger partial charge in [-0.3, -0.25) is 5.10 Å². The Morgan fingerprint density at radius 1 is 1.25 bits per heavy atom. The molecule has 0 amide bonds. The van der Waals surface area contributed by atoms with Crippen LogP contribution in [0, 0.1) is 18.3 Å². The van der Waals surface area contributed by atoms with Crippen LogP contribution in [0.4, 0.5) is 17.3 Å². The van der Waals surface area contributed by atoms with Crippen LogP contribution in [0.5, 0.6) is 0 Å². The second kappa shape index (κ2) is 7.22. The molecular formula is C21H17ClN6. The molecule has 28 heavy (non-hydrogen) atoms. The lowest BCUT2D eigenvalue weighted by molar-refractivity contribution is 0.969. The average Bonchev–Trinajstić information content (AvgIpc) is 3.19. The summed E-state index contributed by atoms with van der Waals surface area (Å²) in [6.07, 6.45) is 1.65. The van der Waals surface area contributed by atoms with Crippen LogP contribution in [0.1, 0.15) is 16.7 Å². The van der Waals surface area contributed by atoms with Gasteiger partial charge in [0.15, 0.2) is 5.82 Å². The van der Waals surface area contributed by atoms with Crippen molar-refractivity contribution in [1.82, 2.24) is 14.8 Å². The van der Waals surface area contributed by atoms with Gasteiger partial charge in [0.05, 0.1) is 0 Å². The van der Waals surface area contributed by atoms with E-state index in [2.05, 4.69) is 26.6 Å². The van der Waals surface area contributed by atoms with Gasteiger partial charge < -0.3 is 9.88 Å². The molecule has 2 heterocycles. The number of hydrogen-bond donors (Lipinski definition) is 2. The molecule has 0 unspecified atom stereocenters. The first-order valence-electron chi connectivity index (χ1n) is 8.67. The Labute approximate surface area is 167 Å². The van der Waals surface area contributed by atoms with Gasteiger partial charge in [-0.2, -0.15) is 10.4 Å². The highest BCUT2D eigenvalue weighted by Gasteiger charge is 2.14. The zero-order valence-corrected chi connectivity index (χ0v) is 16.1. The smallest absolute Gasteiger partial charge is 0.193 e. The number of aromatic nitrogens is 3. The molecule has 0 aliphatic carbocycles. The second-order valence-electron chi connectivity index (χ2n) is 6.44. The number of H-pyrrole nitrogens is 1. The molecule has 138 valence electrons. The summed E-state index contributed by atoms with van der Waals surface area (Å²) in [5.41, 5.74) is 4.13. The number of fused-ring (bicyclic) bond motifs is 1. The highest BCUT2D eigenvalue weighted by Crippen LogP contribution is 2.30. The molecule has 0 saturated carbocycles. The molecule has 0 spiro atoms. The molecule has 0 atom stereocenters. The van der Waals surface area contributed by atoms with E-state index in [1.165, 1.54) is 0 Å². The van der Waals surface area contributed by atoms with Crippen molar-refractivity contribution in [2.75, 3.05) is 5.32 Å². The van der Waals surface area contributed by atoms with Crippen LogP contribution in [0.15, 0.2) is 53.5 Å². The van der Waals surface area contributed by atoms with Gasteiger partial charge in [0, 0.05) is 35.4 Å². The molecule has 0 aliphatic rings. The fourth-order valence-electron chi connectivity index (χ4n) is 3.13. The van der Waals surface area contributed by atoms with E-state index in [0.29, 0.717) is 22.4 Å². The van der Waals surface area contributed by atoms with Crippen molar-refractivity contribution in [3.05, 3.63) is 70.4 Å². The second-order valence-corrected chi connectivity index (χ2v) is 6.80. The quantitative estimate of drug-likeness (QED) is 0.469. The first-order valence-corrected chi connectivity index (χ1v) is 9.05. The molecule has 0 radical (unpaired) electrons. The summed E-state index contributed by atoms with van der Waals surface area (Å²) in [6.45, 7) is 2.01. The average molecular weight is 389 g/mol. The maximum atomic E-state index is 9.59. The Hall–Kier alpha value is -3.56. The summed E-state index contributed by atoms with van der Waals surface area (Å²) in [7, 11) is 1.90. The van der Waals surface area contributed by atoms with E-state index >= 15 is 0 Å². The van der Waals surface area contributed by atoms with Gasteiger partial charge >= 0.3 is 0 Å². The molecule has 7 heteroatoms. The van der Waals surface area contributed by atoms with Gasteiger partial charge in [-0.15, -0.1) is 0 Å². The number of rotatable bonds is 4. The van der Waals surface area contributed by atoms with E-state index in [0.717, 1.165) is 27.7 Å². The Morgan fingerprint density at radius 3 is 2.86 bits per heavy atom. The van der Waals surface area contributed by atoms with E-state index in [1.807, 2.05) is 67.1 Å². The van der Waals surface area contributed by atoms with E-state index < -0.39 is 0 Å². The monoisotopic (exact) mass is 388 g/mol. The number of para-hydroxylation sites is 1. The van der Waals surface area contributed by atoms with Crippen molar-refractivity contribution >= 4 is 46.0 Å². The lowest BCUT2D eigenvalue weighted by Crippen LogP contribution is -1.93. The lowest BCUT2D eigenvalue weighted by Gasteiger charge is -2.04. The maximum Gasteiger partial charge on any atom is 0.193 e. The molecule has 6 nitrogen and oxygen atoms in total. The minimum atomic E-state index is 0.307.